The number of nitrogens with zero attached hydrogens (tertiary/aromatic N) is 5. The summed E-state index contributed by atoms with van der Waals surface area (Å²) in [5.74, 6) is -1.64. The Balaban J connectivity index is -0.000000130. The Morgan fingerprint density at radius 1 is 1.06 bits per heavy atom. The second-order valence-electron chi connectivity index (χ2n) is 4.91. The third-order valence-corrected chi connectivity index (χ3v) is 3.10. The zero-order chi connectivity index (χ0) is 23.9. The summed E-state index contributed by atoms with van der Waals surface area (Å²) < 4.78 is 10.0. The lowest BCUT2D eigenvalue weighted by Gasteiger charge is -2.14. The van der Waals surface area contributed by atoms with Crippen molar-refractivity contribution in [2.24, 2.45) is 0 Å². The van der Waals surface area contributed by atoms with Gasteiger partial charge in [-0.15, -0.1) is 0 Å². The van der Waals surface area contributed by atoms with E-state index in [1.165, 1.54) is 17.0 Å². The van der Waals surface area contributed by atoms with Crippen LogP contribution in [0.15, 0.2) is 12.1 Å². The van der Waals surface area contributed by atoms with Gasteiger partial charge in [-0.3, -0.25) is 4.79 Å². The highest BCUT2D eigenvalue weighted by Crippen LogP contribution is 2.10. The van der Waals surface area contributed by atoms with Crippen molar-refractivity contribution in [3.8, 4) is 0 Å². The number of hydrogen-bond donors (Lipinski definition) is 4. The number of carboxylic acid groups (broad SMARTS) is 1. The number of amides is 1. The lowest BCUT2D eigenvalue weighted by Crippen LogP contribution is -2.29. The summed E-state index contributed by atoms with van der Waals surface area (Å²) in [5.41, 5.74) is 16.9. The van der Waals surface area contributed by atoms with E-state index in [-0.39, 0.29) is 56.0 Å². The molecular formula is C17H34Cl2N8O4. The molecule has 0 radical (unpaired) electrons. The van der Waals surface area contributed by atoms with Crippen molar-refractivity contribution in [3.63, 3.8) is 0 Å². The summed E-state index contributed by atoms with van der Waals surface area (Å²) in [4.78, 5) is 38.0. The molecule has 12 nitrogen and oxygen atoms in total. The van der Waals surface area contributed by atoms with E-state index in [2.05, 4.69) is 26.1 Å². The average molecular weight is 487 g/mol. The molecule has 180 valence electrons. The van der Waals surface area contributed by atoms with Gasteiger partial charge in [0.15, 0.2) is 0 Å². The first-order valence-corrected chi connectivity index (χ1v) is 7.98. The highest BCUT2D eigenvalue weighted by molar-refractivity contribution is 6.30. The predicted molar refractivity (Wildman–Crippen MR) is 126 cm³/mol. The number of hydrogen-bond acceptors (Lipinski definition) is 9. The number of carboxylic acids is 1. The fourth-order valence-electron chi connectivity index (χ4n) is 1.67. The van der Waals surface area contributed by atoms with E-state index in [1.54, 1.807) is 7.05 Å². The van der Waals surface area contributed by atoms with Gasteiger partial charge in [0.05, 0.1) is 0 Å². The van der Waals surface area contributed by atoms with Gasteiger partial charge in [-0.25, -0.2) is 24.7 Å². The van der Waals surface area contributed by atoms with Gasteiger partial charge in [0, 0.05) is 25.7 Å². The van der Waals surface area contributed by atoms with Gasteiger partial charge in [-0.2, -0.15) is 0 Å². The van der Waals surface area contributed by atoms with Crippen molar-refractivity contribution in [3.05, 3.63) is 34.1 Å². The number of aromatic nitrogens is 4. The topological polar surface area (TPSA) is 228 Å². The molecule has 0 saturated carbocycles. The normalized spacial score (nSPS) is 8.71. The number of carbonyl (C=O) groups excluding carboxylic acids is 1. The molecule has 2 aromatic rings. The third kappa shape index (κ3) is 13.2. The van der Waals surface area contributed by atoms with Crippen LogP contribution >= 0.6 is 23.2 Å². The van der Waals surface area contributed by atoms with Crippen LogP contribution in [0, 0.1) is 0 Å². The molecule has 0 fully saturated rings. The van der Waals surface area contributed by atoms with Gasteiger partial charge in [-0.05, 0) is 6.42 Å². The molecule has 2 rings (SSSR count). The smallest absolute Gasteiger partial charge is 0.374 e. The molecule has 2 aromatic heterocycles. The first-order valence-electron chi connectivity index (χ1n) is 8.25. The maximum atomic E-state index is 11.7. The molecule has 0 atom stereocenters. The monoisotopic (exact) mass is 486 g/mol. The van der Waals surface area contributed by atoms with E-state index in [0.29, 0.717) is 6.54 Å². The molecular weight excluding hydrogens is 451 g/mol. The number of nitrogen functional groups attached to an aromatic ring is 2. The summed E-state index contributed by atoms with van der Waals surface area (Å²) in [6.45, 7) is 2.63. The first kappa shape index (κ1) is 32.9. The molecule has 0 aliphatic heterocycles. The fourth-order valence-corrected chi connectivity index (χ4v) is 2.05. The molecule has 0 saturated heterocycles. The standard InChI is InChI=1S/C9H13ClN4O.C5H4ClN3O2.3CH4.H3N.H2O/c1-3-4-14(2)9(15)8-12-6(10)5-7(11)13-8;6-2-1-3(7)9-4(8-2)5(10)11;;;;;/h5H,3-4H2,1-2H3,(H2,11,12,13);1H,(H,10,11)(H2,7,8,9);3*1H4;1H3;1H2/i/hD2. The van der Waals surface area contributed by atoms with Crippen molar-refractivity contribution in [2.75, 3.05) is 25.1 Å². The van der Waals surface area contributed by atoms with E-state index in [4.69, 9.17) is 48.1 Å². The largest absolute Gasteiger partial charge is 0.475 e. The Morgan fingerprint density at radius 3 is 1.81 bits per heavy atom. The van der Waals surface area contributed by atoms with Crippen molar-refractivity contribution in [1.29, 1.82) is 0 Å². The highest BCUT2D eigenvalue weighted by atomic mass is 35.5. The zero-order valence-electron chi connectivity index (χ0n) is 17.0. The summed E-state index contributed by atoms with van der Waals surface area (Å²) in [6.07, 6.45) is 4.62. The van der Waals surface area contributed by atoms with Crippen LogP contribution in [0.2, 0.25) is 11.7 Å². The minimum Gasteiger partial charge on any atom is -0.475 e. The van der Waals surface area contributed by atoms with E-state index >= 15 is 0 Å². The van der Waals surface area contributed by atoms with Gasteiger partial charge in [-0.1, -0.05) is 52.4 Å². The molecule has 0 unspecified atom stereocenters. The first-order chi connectivity index (χ1) is 14.1. The third-order valence-electron chi connectivity index (χ3n) is 2.72. The van der Waals surface area contributed by atoms with Crippen LogP contribution < -0.4 is 17.6 Å². The van der Waals surface area contributed by atoms with Crippen LogP contribution in [0.3, 0.4) is 0 Å². The quantitative estimate of drug-likeness (QED) is 0.461. The van der Waals surface area contributed by atoms with Gasteiger partial charge < -0.3 is 33.1 Å². The Morgan fingerprint density at radius 2 is 1.45 bits per heavy atom. The Kier molecular flexibility index (Phi) is 19.1. The number of nitrogens with two attached hydrogens (primary N) is 2. The molecule has 0 spiro atoms. The van der Waals surface area contributed by atoms with Crippen LogP contribution in [0.5, 0.6) is 0 Å². The second kappa shape index (κ2) is 18.0. The maximum absolute atomic E-state index is 11.7. The molecule has 0 aliphatic carbocycles. The van der Waals surface area contributed by atoms with Crippen molar-refractivity contribution < 1.29 is 23.0 Å². The lowest BCUT2D eigenvalue weighted by atomic mass is 10.4. The summed E-state index contributed by atoms with van der Waals surface area (Å²) in [7, 11) is 1.69. The molecule has 0 aromatic carbocycles. The number of aromatic carboxylic acids is 1. The van der Waals surface area contributed by atoms with Gasteiger partial charge >= 0.3 is 5.97 Å². The average Bonchev–Trinajstić information content (AvgIpc) is 2.69. The summed E-state index contributed by atoms with van der Waals surface area (Å²) >= 11 is 11.1. The van der Waals surface area contributed by atoms with Crippen molar-refractivity contribution in [2.45, 2.75) is 35.6 Å². The SMILES string of the molecule is C.C.C.CCCN(C)C(=O)c1nc(N)cc(Cl)n1.Nc1cc(Cl)nc(C(=O)O)n1.[2H]N.[2H]O. The minimum absolute atomic E-state index is 0. The number of halogens is 2. The summed E-state index contributed by atoms with van der Waals surface area (Å²) in [6, 6.07) is 2.67. The molecule has 0 aliphatic rings. The van der Waals surface area contributed by atoms with Crippen LogP contribution in [0.1, 0.15) is 58.3 Å². The molecule has 0 bridgehead atoms. The van der Waals surface area contributed by atoms with Crippen LogP contribution in [0.4, 0.5) is 11.6 Å². The Bertz CT molecular complexity index is 782. The Hall–Kier alpha value is -2.80. The minimum atomic E-state index is -1.25. The fraction of sp³-hybridized carbons (Fsp3) is 0.412. The molecule has 2 heterocycles. The molecule has 31 heavy (non-hydrogen) atoms. The van der Waals surface area contributed by atoms with Crippen LogP contribution in [-0.2, 0) is 0 Å². The van der Waals surface area contributed by atoms with Crippen LogP contribution in [0.25, 0.3) is 0 Å². The maximum Gasteiger partial charge on any atom is 0.374 e. The van der Waals surface area contributed by atoms with Gasteiger partial charge in [0.2, 0.25) is 13.1 Å². The second-order valence-corrected chi connectivity index (χ2v) is 5.68. The Labute approximate surface area is 195 Å². The summed E-state index contributed by atoms with van der Waals surface area (Å²) in [5, 5.41) is 8.59. The molecule has 14 heteroatoms. The highest BCUT2D eigenvalue weighted by Gasteiger charge is 2.15. The number of carbonyl (C=O) groups is 2. The van der Waals surface area contributed by atoms with Crippen molar-refractivity contribution in [1.82, 2.24) is 31.0 Å². The van der Waals surface area contributed by atoms with E-state index in [9.17, 15) is 9.59 Å². The molecule has 1 amide bonds. The van der Waals surface area contributed by atoms with E-state index < -0.39 is 11.8 Å². The number of rotatable bonds is 4. The number of anilines is 2. The lowest BCUT2D eigenvalue weighted by molar-refractivity contribution is 0.0683. The predicted octanol–water partition coefficient (Wildman–Crippen LogP) is 2.85. The molecule has 10 N–H and O–H groups in total. The van der Waals surface area contributed by atoms with Gasteiger partial charge in [0.1, 0.15) is 23.4 Å². The van der Waals surface area contributed by atoms with E-state index in [1.807, 2.05) is 6.92 Å². The van der Waals surface area contributed by atoms with Crippen LogP contribution in [-0.4, -0.2) is 60.9 Å². The van der Waals surface area contributed by atoms with Crippen molar-refractivity contribution >= 4 is 46.7 Å². The zero-order valence-corrected chi connectivity index (χ0v) is 16.5. The van der Waals surface area contributed by atoms with Gasteiger partial charge in [0.25, 0.3) is 5.91 Å². The van der Waals surface area contributed by atoms with E-state index in [0.717, 1.165) is 6.42 Å².